The molecular formula is C13H13N7S2. The summed E-state index contributed by atoms with van der Waals surface area (Å²) in [7, 11) is 1.70. The van der Waals surface area contributed by atoms with Gasteiger partial charge in [-0.25, -0.2) is 5.01 Å². The summed E-state index contributed by atoms with van der Waals surface area (Å²) >= 11 is 6.67. The van der Waals surface area contributed by atoms with Crippen LogP contribution in [0.1, 0.15) is 11.1 Å². The molecule has 0 unspecified atom stereocenters. The van der Waals surface area contributed by atoms with Gasteiger partial charge >= 0.3 is 0 Å². The number of thiocarbonyl (C=S) groups is 1. The molecule has 0 aliphatic carbocycles. The van der Waals surface area contributed by atoms with Crippen molar-refractivity contribution in [3.8, 4) is 6.07 Å². The van der Waals surface area contributed by atoms with Crippen LogP contribution in [-0.2, 0) is 0 Å². The van der Waals surface area contributed by atoms with Gasteiger partial charge in [-0.3, -0.25) is 0 Å². The Morgan fingerprint density at radius 3 is 2.73 bits per heavy atom. The van der Waals surface area contributed by atoms with Gasteiger partial charge in [0, 0.05) is 7.05 Å². The topological polar surface area (TPSA) is 96.1 Å². The van der Waals surface area contributed by atoms with Gasteiger partial charge in [-0.05, 0) is 36.2 Å². The number of thioether (sulfide) groups is 1. The maximum Gasteiger partial charge on any atom is 0.226 e. The number of nitrogens with two attached hydrogens (primary N) is 1. The third-order valence-corrected chi connectivity index (χ3v) is 3.65. The van der Waals surface area contributed by atoms with Crippen LogP contribution >= 0.6 is 24.0 Å². The Labute approximate surface area is 137 Å². The molecule has 0 amide bonds. The molecular weight excluding hydrogens is 318 g/mol. The molecule has 2 N–H and O–H groups in total. The molecule has 1 aromatic carbocycles. The van der Waals surface area contributed by atoms with Crippen molar-refractivity contribution in [2.45, 2.75) is 5.16 Å². The summed E-state index contributed by atoms with van der Waals surface area (Å²) in [6, 6.07) is 9.11. The van der Waals surface area contributed by atoms with Crippen LogP contribution in [0.5, 0.6) is 0 Å². The van der Waals surface area contributed by atoms with Crippen LogP contribution in [-0.4, -0.2) is 44.4 Å². The van der Waals surface area contributed by atoms with Crippen molar-refractivity contribution < 1.29 is 0 Å². The third kappa shape index (κ3) is 3.60. The second-order valence-corrected chi connectivity index (χ2v) is 5.29. The van der Waals surface area contributed by atoms with Crippen molar-refractivity contribution in [1.82, 2.24) is 19.8 Å². The molecule has 2 rings (SSSR count). The van der Waals surface area contributed by atoms with E-state index in [-0.39, 0.29) is 5.95 Å². The zero-order chi connectivity index (χ0) is 16.1. The van der Waals surface area contributed by atoms with Gasteiger partial charge in [0.1, 0.15) is 0 Å². The summed E-state index contributed by atoms with van der Waals surface area (Å²) in [5.41, 5.74) is 7.22. The Hall–Kier alpha value is -2.44. The van der Waals surface area contributed by atoms with Crippen LogP contribution in [0, 0.1) is 11.3 Å². The van der Waals surface area contributed by atoms with Crippen molar-refractivity contribution in [3.05, 3.63) is 35.4 Å². The van der Waals surface area contributed by atoms with Gasteiger partial charge in [-0.15, -0.1) is 5.10 Å². The number of hydrogen-bond donors (Lipinski definition) is 1. The fraction of sp³-hybridized carbons (Fsp3) is 0.154. The summed E-state index contributed by atoms with van der Waals surface area (Å²) in [4.78, 5) is 4.07. The van der Waals surface area contributed by atoms with Crippen molar-refractivity contribution in [1.29, 1.82) is 5.26 Å². The van der Waals surface area contributed by atoms with E-state index in [2.05, 4.69) is 21.3 Å². The molecule has 1 heterocycles. The third-order valence-electron chi connectivity index (χ3n) is 2.67. The van der Waals surface area contributed by atoms with Crippen LogP contribution in [0.15, 0.2) is 34.5 Å². The molecule has 0 radical (unpaired) electrons. The molecule has 7 nitrogen and oxygen atoms in total. The number of nitrogen functional groups attached to an aromatic ring is 1. The van der Waals surface area contributed by atoms with Gasteiger partial charge in [-0.2, -0.15) is 20.0 Å². The smallest absolute Gasteiger partial charge is 0.226 e. The lowest BCUT2D eigenvalue weighted by molar-refractivity contribution is 0.530. The Morgan fingerprint density at radius 1 is 1.50 bits per heavy atom. The summed E-state index contributed by atoms with van der Waals surface area (Å²) in [6.45, 7) is 0. The molecule has 22 heavy (non-hydrogen) atoms. The van der Waals surface area contributed by atoms with Crippen molar-refractivity contribution in [3.63, 3.8) is 0 Å². The minimum atomic E-state index is 0.217. The highest BCUT2D eigenvalue weighted by atomic mass is 32.2. The summed E-state index contributed by atoms with van der Waals surface area (Å²) in [5, 5.41) is 19.5. The van der Waals surface area contributed by atoms with Crippen LogP contribution < -0.4 is 5.73 Å². The molecule has 0 fully saturated rings. The largest absolute Gasteiger partial charge is 0.368 e. The molecule has 0 saturated carbocycles. The molecule has 0 aliphatic rings. The van der Waals surface area contributed by atoms with Crippen LogP contribution in [0.3, 0.4) is 0 Å². The van der Waals surface area contributed by atoms with E-state index in [0.29, 0.717) is 15.8 Å². The predicted molar refractivity (Wildman–Crippen MR) is 90.7 cm³/mol. The van der Waals surface area contributed by atoms with E-state index in [1.54, 1.807) is 37.5 Å². The van der Waals surface area contributed by atoms with Crippen LogP contribution in [0.25, 0.3) is 0 Å². The first-order valence-corrected chi connectivity index (χ1v) is 7.77. The first-order valence-electron chi connectivity index (χ1n) is 6.14. The van der Waals surface area contributed by atoms with Gasteiger partial charge in [-0.1, -0.05) is 23.9 Å². The normalized spacial score (nSPS) is 10.6. The molecule has 1 aromatic heterocycles. The zero-order valence-electron chi connectivity index (χ0n) is 12.0. The minimum absolute atomic E-state index is 0.217. The number of anilines is 1. The maximum atomic E-state index is 8.76. The lowest BCUT2D eigenvalue weighted by atomic mass is 10.2. The quantitative estimate of drug-likeness (QED) is 0.394. The van der Waals surface area contributed by atoms with Gasteiger partial charge in [0.05, 0.1) is 17.8 Å². The number of benzene rings is 1. The predicted octanol–water partition coefficient (Wildman–Crippen LogP) is 1.55. The highest BCUT2D eigenvalue weighted by Gasteiger charge is 2.13. The highest BCUT2D eigenvalue weighted by Crippen LogP contribution is 2.12. The Morgan fingerprint density at radius 2 is 2.18 bits per heavy atom. The number of hydrazone groups is 1. The van der Waals surface area contributed by atoms with E-state index in [0.717, 1.165) is 5.56 Å². The lowest BCUT2D eigenvalue weighted by Crippen LogP contribution is -2.28. The molecule has 0 aliphatic heterocycles. The van der Waals surface area contributed by atoms with Crippen molar-refractivity contribution in [2.24, 2.45) is 5.10 Å². The molecule has 0 atom stereocenters. The number of rotatable bonds is 3. The standard InChI is InChI=1S/C13H13N7S2/c1-19(13(21)20-11(15)17-12(18-20)22-2)16-8-10-5-3-9(7-14)4-6-10/h3-6,8H,1-2H3,(H2,15,17,18)/b16-8+. The van der Waals surface area contributed by atoms with E-state index in [4.69, 9.17) is 23.2 Å². The zero-order valence-corrected chi connectivity index (χ0v) is 13.6. The SMILES string of the molecule is CSc1nc(N)n(C(=S)N(C)/N=C/c2ccc(C#N)cc2)n1. The number of nitrogens with zero attached hydrogens (tertiary/aromatic N) is 6. The molecule has 0 spiro atoms. The fourth-order valence-corrected chi connectivity index (χ4v) is 2.04. The average Bonchev–Trinajstić information content (AvgIpc) is 2.93. The molecule has 112 valence electrons. The average molecular weight is 331 g/mol. The summed E-state index contributed by atoms with van der Waals surface area (Å²) in [5.74, 6) is 0.217. The molecule has 2 aromatic rings. The first-order chi connectivity index (χ1) is 10.5. The van der Waals surface area contributed by atoms with E-state index in [9.17, 15) is 0 Å². The second kappa shape index (κ2) is 7.02. The van der Waals surface area contributed by atoms with Gasteiger partial charge in [0.15, 0.2) is 0 Å². The number of nitriles is 1. The van der Waals surface area contributed by atoms with E-state index >= 15 is 0 Å². The number of hydrogen-bond acceptors (Lipinski definition) is 7. The van der Waals surface area contributed by atoms with Gasteiger partial charge in [0.2, 0.25) is 16.2 Å². The molecule has 0 saturated heterocycles. The van der Waals surface area contributed by atoms with Crippen molar-refractivity contribution in [2.75, 3.05) is 19.0 Å². The fourth-order valence-electron chi connectivity index (χ4n) is 1.52. The Kier molecular flexibility index (Phi) is 5.08. The monoisotopic (exact) mass is 331 g/mol. The first kappa shape index (κ1) is 15.9. The minimum Gasteiger partial charge on any atom is -0.368 e. The molecule has 9 heteroatoms. The number of aromatic nitrogens is 3. The lowest BCUT2D eigenvalue weighted by Gasteiger charge is -2.13. The Balaban J connectivity index is 2.11. The van der Waals surface area contributed by atoms with E-state index < -0.39 is 0 Å². The van der Waals surface area contributed by atoms with Gasteiger partial charge < -0.3 is 5.73 Å². The van der Waals surface area contributed by atoms with E-state index in [1.165, 1.54) is 21.5 Å². The highest BCUT2D eigenvalue weighted by molar-refractivity contribution is 7.98. The Bertz CT molecular complexity index is 743. The van der Waals surface area contributed by atoms with Crippen LogP contribution in [0.2, 0.25) is 0 Å². The van der Waals surface area contributed by atoms with Crippen LogP contribution in [0.4, 0.5) is 5.95 Å². The van der Waals surface area contributed by atoms with Gasteiger partial charge in [0.25, 0.3) is 0 Å². The maximum absolute atomic E-state index is 8.76. The summed E-state index contributed by atoms with van der Waals surface area (Å²) in [6.07, 6.45) is 3.49. The molecule has 0 bridgehead atoms. The summed E-state index contributed by atoms with van der Waals surface area (Å²) < 4.78 is 1.36. The van der Waals surface area contributed by atoms with Crippen molar-refractivity contribution >= 4 is 41.3 Å². The van der Waals surface area contributed by atoms with E-state index in [1.807, 2.05) is 6.26 Å². The second-order valence-electron chi connectivity index (χ2n) is 4.15.